The van der Waals surface area contributed by atoms with Crippen molar-refractivity contribution < 1.29 is 14.3 Å². The Bertz CT molecular complexity index is 912. The number of nitrogens with zero attached hydrogens (tertiary/aromatic N) is 1. The van der Waals surface area contributed by atoms with Gasteiger partial charge in [-0.1, -0.05) is 53.9 Å². The lowest BCUT2D eigenvalue weighted by molar-refractivity contribution is -0.119. The van der Waals surface area contributed by atoms with E-state index in [9.17, 15) is 9.59 Å². The highest BCUT2D eigenvalue weighted by Crippen LogP contribution is 2.26. The largest absolute Gasteiger partial charge is 0.452 e. The summed E-state index contributed by atoms with van der Waals surface area (Å²) in [5.74, 6) is 0.812. The summed E-state index contributed by atoms with van der Waals surface area (Å²) in [6, 6.07) is 13.0. The van der Waals surface area contributed by atoms with Gasteiger partial charge >= 0.3 is 5.97 Å². The minimum atomic E-state index is -0.492. The second-order valence-electron chi connectivity index (χ2n) is 6.31. The molecule has 0 aliphatic carbocycles. The zero-order valence-electron chi connectivity index (χ0n) is 15.9. The van der Waals surface area contributed by atoms with Crippen LogP contribution in [0.25, 0.3) is 0 Å². The van der Waals surface area contributed by atoms with Gasteiger partial charge in [0, 0.05) is 17.2 Å². The maximum Gasteiger partial charge on any atom is 0.338 e. The Morgan fingerprint density at radius 1 is 1.18 bits per heavy atom. The van der Waals surface area contributed by atoms with E-state index in [1.807, 2.05) is 44.2 Å². The molecule has 5 nitrogen and oxygen atoms in total. The predicted octanol–water partition coefficient (Wildman–Crippen LogP) is 4.43. The Labute approximate surface area is 173 Å². The average molecular weight is 415 g/mol. The van der Waals surface area contributed by atoms with Gasteiger partial charge in [-0.3, -0.25) is 9.79 Å². The molecule has 0 bridgehead atoms. The zero-order chi connectivity index (χ0) is 19.9. The third-order valence-electron chi connectivity index (χ3n) is 4.36. The Kier molecular flexibility index (Phi) is 7.17. The molecule has 0 saturated carbocycles. The molecule has 2 aromatic carbocycles. The predicted molar refractivity (Wildman–Crippen MR) is 117 cm³/mol. The number of thioether (sulfide) groups is 2. The second kappa shape index (κ2) is 9.80. The monoisotopic (exact) mass is 414 g/mol. The first kappa shape index (κ1) is 20.5. The Morgan fingerprint density at radius 3 is 2.79 bits per heavy atom. The molecule has 0 unspecified atom stereocenters. The molecule has 1 heterocycles. The van der Waals surface area contributed by atoms with Gasteiger partial charge in [-0.15, -0.1) is 0 Å². The van der Waals surface area contributed by atoms with Gasteiger partial charge in [0.25, 0.3) is 5.91 Å². The van der Waals surface area contributed by atoms with Gasteiger partial charge in [-0.25, -0.2) is 4.79 Å². The van der Waals surface area contributed by atoms with Gasteiger partial charge in [0.05, 0.1) is 12.1 Å². The maximum absolute atomic E-state index is 12.5. The van der Waals surface area contributed by atoms with Crippen molar-refractivity contribution in [3.63, 3.8) is 0 Å². The van der Waals surface area contributed by atoms with Crippen molar-refractivity contribution in [3.05, 3.63) is 64.7 Å². The number of anilines is 1. The van der Waals surface area contributed by atoms with Crippen LogP contribution in [0.5, 0.6) is 0 Å². The molecule has 7 heteroatoms. The molecular formula is C21H22N2O3S2. The van der Waals surface area contributed by atoms with E-state index in [1.54, 1.807) is 35.7 Å². The molecular weight excluding hydrogens is 392 g/mol. The number of hydrogen-bond acceptors (Lipinski definition) is 6. The maximum atomic E-state index is 12.5. The molecule has 2 aromatic rings. The SMILES string of the molecule is Cc1cccc(NC(=O)COC(=O)c2ccccc2CSC2=NCCS2)c1C. The van der Waals surface area contributed by atoms with Crippen LogP contribution in [-0.4, -0.2) is 35.2 Å². The summed E-state index contributed by atoms with van der Waals surface area (Å²) in [4.78, 5) is 29.1. The number of nitrogens with one attached hydrogen (secondary N) is 1. The molecule has 1 N–H and O–H groups in total. The summed E-state index contributed by atoms with van der Waals surface area (Å²) >= 11 is 3.36. The molecule has 1 aliphatic rings. The fourth-order valence-corrected chi connectivity index (χ4v) is 4.68. The fourth-order valence-electron chi connectivity index (χ4n) is 2.67. The standard InChI is InChI=1S/C21H22N2O3S2/c1-14-6-5-9-18(15(14)2)23-19(24)12-26-20(25)17-8-4-3-7-16(17)13-28-21-22-10-11-27-21/h3-9H,10-13H2,1-2H3,(H,23,24). The van der Waals surface area contributed by atoms with Crippen LogP contribution in [0.15, 0.2) is 47.5 Å². The van der Waals surface area contributed by atoms with Crippen LogP contribution in [0.2, 0.25) is 0 Å². The Balaban J connectivity index is 1.57. The van der Waals surface area contributed by atoms with E-state index in [0.29, 0.717) is 11.3 Å². The van der Waals surface area contributed by atoms with Gasteiger partial charge in [-0.2, -0.15) is 0 Å². The van der Waals surface area contributed by atoms with Crippen LogP contribution in [-0.2, 0) is 15.3 Å². The van der Waals surface area contributed by atoms with Gasteiger partial charge in [-0.05, 0) is 42.7 Å². The number of carbonyl (C=O) groups excluding carboxylic acids is 2. The van der Waals surface area contributed by atoms with E-state index in [-0.39, 0.29) is 12.5 Å². The molecule has 3 rings (SSSR count). The summed E-state index contributed by atoms with van der Waals surface area (Å²) in [6.07, 6.45) is 0. The number of hydrogen-bond donors (Lipinski definition) is 1. The number of aryl methyl sites for hydroxylation is 1. The molecule has 0 saturated heterocycles. The quantitative estimate of drug-likeness (QED) is 0.708. The van der Waals surface area contributed by atoms with E-state index in [1.165, 1.54) is 0 Å². The summed E-state index contributed by atoms with van der Waals surface area (Å²) in [6.45, 7) is 4.45. The second-order valence-corrected chi connectivity index (χ2v) is 8.62. The van der Waals surface area contributed by atoms with E-state index in [4.69, 9.17) is 4.74 Å². The molecule has 0 atom stereocenters. The molecule has 1 amide bonds. The van der Waals surface area contributed by atoms with Crippen molar-refractivity contribution in [3.8, 4) is 0 Å². The summed E-state index contributed by atoms with van der Waals surface area (Å²) in [5.41, 5.74) is 4.18. The van der Waals surface area contributed by atoms with E-state index in [2.05, 4.69) is 10.3 Å². The minimum Gasteiger partial charge on any atom is -0.452 e. The van der Waals surface area contributed by atoms with Crippen molar-refractivity contribution in [2.45, 2.75) is 19.6 Å². The first-order valence-electron chi connectivity index (χ1n) is 8.95. The minimum absolute atomic E-state index is 0.323. The average Bonchev–Trinajstić information content (AvgIpc) is 3.22. The molecule has 1 aliphatic heterocycles. The zero-order valence-corrected chi connectivity index (χ0v) is 17.5. The lowest BCUT2D eigenvalue weighted by atomic mass is 10.1. The van der Waals surface area contributed by atoms with Crippen LogP contribution in [0, 0.1) is 13.8 Å². The smallest absolute Gasteiger partial charge is 0.338 e. The first-order valence-corrected chi connectivity index (χ1v) is 10.9. The van der Waals surface area contributed by atoms with Crippen molar-refractivity contribution in [2.75, 3.05) is 24.2 Å². The lowest BCUT2D eigenvalue weighted by Gasteiger charge is -2.12. The van der Waals surface area contributed by atoms with Crippen LogP contribution in [0.1, 0.15) is 27.0 Å². The number of amides is 1. The number of aliphatic imine (C=N–C) groups is 1. The third kappa shape index (κ3) is 5.39. The summed E-state index contributed by atoms with van der Waals surface area (Å²) < 4.78 is 6.30. The molecule has 0 spiro atoms. The highest BCUT2D eigenvalue weighted by atomic mass is 32.2. The van der Waals surface area contributed by atoms with Crippen molar-refractivity contribution >= 4 is 45.5 Å². The highest BCUT2D eigenvalue weighted by Gasteiger charge is 2.16. The number of esters is 1. The Hall–Kier alpha value is -2.25. The Morgan fingerprint density at radius 2 is 2.00 bits per heavy atom. The van der Waals surface area contributed by atoms with Crippen molar-refractivity contribution in [2.24, 2.45) is 4.99 Å². The summed E-state index contributed by atoms with van der Waals surface area (Å²) in [7, 11) is 0. The topological polar surface area (TPSA) is 67.8 Å². The first-order chi connectivity index (χ1) is 13.5. The number of ether oxygens (including phenoxy) is 1. The fraction of sp³-hybridized carbons (Fsp3) is 0.286. The number of carbonyl (C=O) groups is 2. The molecule has 146 valence electrons. The van der Waals surface area contributed by atoms with Gasteiger partial charge in [0.2, 0.25) is 0 Å². The molecule has 28 heavy (non-hydrogen) atoms. The normalized spacial score (nSPS) is 13.1. The van der Waals surface area contributed by atoms with Crippen LogP contribution < -0.4 is 5.32 Å². The van der Waals surface area contributed by atoms with Crippen LogP contribution in [0.4, 0.5) is 5.69 Å². The van der Waals surface area contributed by atoms with Crippen LogP contribution in [0.3, 0.4) is 0 Å². The number of rotatable bonds is 6. The third-order valence-corrected chi connectivity index (χ3v) is 6.66. The number of benzene rings is 2. The van der Waals surface area contributed by atoms with Crippen molar-refractivity contribution in [1.82, 2.24) is 0 Å². The van der Waals surface area contributed by atoms with Crippen molar-refractivity contribution in [1.29, 1.82) is 0 Å². The molecule has 0 aromatic heterocycles. The van der Waals surface area contributed by atoms with E-state index >= 15 is 0 Å². The molecule has 0 radical (unpaired) electrons. The lowest BCUT2D eigenvalue weighted by Crippen LogP contribution is -2.22. The van der Waals surface area contributed by atoms with Gasteiger partial charge in [0.15, 0.2) is 6.61 Å². The summed E-state index contributed by atoms with van der Waals surface area (Å²) in [5, 5.41) is 2.80. The van der Waals surface area contributed by atoms with Gasteiger partial charge < -0.3 is 10.1 Å². The van der Waals surface area contributed by atoms with Crippen LogP contribution >= 0.6 is 23.5 Å². The van der Waals surface area contributed by atoms with Gasteiger partial charge in [0.1, 0.15) is 4.38 Å². The molecule has 0 fully saturated rings. The van der Waals surface area contributed by atoms with E-state index < -0.39 is 5.97 Å². The van der Waals surface area contributed by atoms with E-state index in [0.717, 1.165) is 39.1 Å². The highest BCUT2D eigenvalue weighted by molar-refractivity contribution is 8.38.